The fraction of sp³-hybridized carbons (Fsp3) is 0.583. The number of ether oxygens (including phenoxy) is 2. The highest BCUT2D eigenvalue weighted by molar-refractivity contribution is 5.88. The standard InChI is InChI=1S/C24H34FN9O4/c1-4-37-21-13-28-19(12-29-21)31-23(35)33(3)18-14-34(10-7-16(18)25)22-27-9-6-20(32-22)38-24(36)30-17-5-8-26-11-15(17)2/h6,9,12-13,15-18,26H,4-5,7-8,10-11,14H2,1-3H3,(H,30,36)(H,28,31,35)/t15-,16+,17+,18-/m0/s1. The molecular formula is C24H34FN9O4. The second-order valence-electron chi connectivity index (χ2n) is 9.34. The topological polar surface area (TPSA) is 147 Å². The molecule has 2 aromatic rings. The average Bonchev–Trinajstić information content (AvgIpc) is 2.91. The molecule has 13 nitrogen and oxygen atoms in total. The highest BCUT2D eigenvalue weighted by atomic mass is 19.1. The van der Waals surface area contributed by atoms with Crippen LogP contribution in [-0.2, 0) is 0 Å². The van der Waals surface area contributed by atoms with Crippen molar-refractivity contribution in [2.45, 2.75) is 44.9 Å². The molecular weight excluding hydrogens is 497 g/mol. The normalized spacial score (nSPS) is 23.3. The van der Waals surface area contributed by atoms with Gasteiger partial charge in [-0.15, -0.1) is 0 Å². The summed E-state index contributed by atoms with van der Waals surface area (Å²) in [4.78, 5) is 45.1. The Kier molecular flexibility index (Phi) is 9.05. The van der Waals surface area contributed by atoms with Crippen molar-refractivity contribution in [2.75, 3.05) is 50.1 Å². The van der Waals surface area contributed by atoms with Gasteiger partial charge in [0.15, 0.2) is 5.82 Å². The second-order valence-corrected chi connectivity index (χ2v) is 9.34. The number of piperidine rings is 2. The number of carbonyl (C=O) groups is 2. The minimum atomic E-state index is -1.24. The van der Waals surface area contributed by atoms with Gasteiger partial charge in [-0.2, -0.15) is 4.98 Å². The molecule has 2 fully saturated rings. The molecule has 0 bridgehead atoms. The first kappa shape index (κ1) is 27.2. The fourth-order valence-corrected chi connectivity index (χ4v) is 4.45. The van der Waals surface area contributed by atoms with Crippen LogP contribution in [0.3, 0.4) is 0 Å². The number of hydrogen-bond acceptors (Lipinski definition) is 10. The van der Waals surface area contributed by atoms with Gasteiger partial charge in [-0.3, -0.25) is 5.32 Å². The fourth-order valence-electron chi connectivity index (χ4n) is 4.45. The third-order valence-electron chi connectivity index (χ3n) is 6.66. The van der Waals surface area contributed by atoms with Crippen LogP contribution in [0.1, 0.15) is 26.7 Å². The molecule has 2 aliphatic rings. The van der Waals surface area contributed by atoms with Crippen LogP contribution in [0, 0.1) is 5.92 Å². The minimum absolute atomic E-state index is 0.0182. The molecule has 0 aromatic carbocycles. The lowest BCUT2D eigenvalue weighted by Gasteiger charge is -2.39. The zero-order chi connectivity index (χ0) is 27.1. The van der Waals surface area contributed by atoms with E-state index in [0.717, 1.165) is 19.5 Å². The summed E-state index contributed by atoms with van der Waals surface area (Å²) >= 11 is 0. The minimum Gasteiger partial charge on any atom is -0.477 e. The first-order valence-corrected chi connectivity index (χ1v) is 12.7. The van der Waals surface area contributed by atoms with Crippen molar-refractivity contribution in [3.8, 4) is 11.8 Å². The van der Waals surface area contributed by atoms with Gasteiger partial charge in [0.25, 0.3) is 0 Å². The van der Waals surface area contributed by atoms with Gasteiger partial charge in [-0.05, 0) is 38.8 Å². The van der Waals surface area contributed by atoms with Crippen molar-refractivity contribution in [3.05, 3.63) is 24.7 Å². The van der Waals surface area contributed by atoms with Gasteiger partial charge in [-0.1, -0.05) is 6.92 Å². The van der Waals surface area contributed by atoms with Gasteiger partial charge in [0.1, 0.15) is 6.17 Å². The van der Waals surface area contributed by atoms with Crippen LogP contribution >= 0.6 is 0 Å². The quantitative estimate of drug-likeness (QED) is 0.483. The molecule has 4 rings (SSSR count). The average molecular weight is 532 g/mol. The summed E-state index contributed by atoms with van der Waals surface area (Å²) in [6, 6.07) is 0.216. The Balaban J connectivity index is 1.35. The Hall–Kier alpha value is -3.81. The molecule has 0 unspecified atom stereocenters. The Morgan fingerprint density at radius 2 is 2.08 bits per heavy atom. The SMILES string of the molecule is CCOc1cnc(NC(=O)N(C)[C@H]2CN(c3nccc(OC(=O)N[C@@H]4CCNC[C@@H]4C)n3)CC[C@H]2F)cn1. The van der Waals surface area contributed by atoms with Crippen LogP contribution in [0.2, 0.25) is 0 Å². The molecule has 0 saturated carbocycles. The summed E-state index contributed by atoms with van der Waals surface area (Å²) in [6.45, 7) is 6.50. The Bertz CT molecular complexity index is 1090. The van der Waals surface area contributed by atoms with E-state index in [1.807, 2.05) is 6.92 Å². The molecule has 2 aliphatic heterocycles. The van der Waals surface area contributed by atoms with Gasteiger partial charge in [0.2, 0.25) is 17.7 Å². The lowest BCUT2D eigenvalue weighted by atomic mass is 9.96. The number of urea groups is 1. The van der Waals surface area contributed by atoms with E-state index in [-0.39, 0.29) is 42.6 Å². The van der Waals surface area contributed by atoms with Crippen LogP contribution < -0.4 is 30.3 Å². The van der Waals surface area contributed by atoms with Crippen molar-refractivity contribution in [2.24, 2.45) is 5.92 Å². The molecule has 0 aliphatic carbocycles. The zero-order valence-corrected chi connectivity index (χ0v) is 21.8. The van der Waals surface area contributed by atoms with Gasteiger partial charge < -0.3 is 29.9 Å². The lowest BCUT2D eigenvalue weighted by molar-refractivity contribution is 0.133. The highest BCUT2D eigenvalue weighted by Gasteiger charge is 2.35. The molecule has 3 amide bonds. The van der Waals surface area contributed by atoms with Crippen LogP contribution in [0.15, 0.2) is 24.7 Å². The number of halogens is 1. The molecule has 206 valence electrons. The molecule has 2 saturated heterocycles. The van der Waals surface area contributed by atoms with Gasteiger partial charge in [0, 0.05) is 38.4 Å². The monoisotopic (exact) mass is 531 g/mol. The predicted octanol–water partition coefficient (Wildman–Crippen LogP) is 1.83. The van der Waals surface area contributed by atoms with Gasteiger partial charge in [-0.25, -0.2) is 28.9 Å². The van der Waals surface area contributed by atoms with Crippen LogP contribution in [0.25, 0.3) is 0 Å². The van der Waals surface area contributed by atoms with E-state index in [4.69, 9.17) is 9.47 Å². The van der Waals surface area contributed by atoms with Gasteiger partial charge >= 0.3 is 12.1 Å². The number of hydrogen-bond donors (Lipinski definition) is 3. The number of nitrogens with zero attached hydrogens (tertiary/aromatic N) is 6. The number of amides is 3. The maximum absolute atomic E-state index is 14.9. The molecule has 38 heavy (non-hydrogen) atoms. The number of likely N-dealkylation sites (N-methyl/N-ethyl adjacent to an activating group) is 1. The summed E-state index contributed by atoms with van der Waals surface area (Å²) in [5.41, 5.74) is 0. The maximum Gasteiger partial charge on any atom is 0.414 e. The third-order valence-corrected chi connectivity index (χ3v) is 6.66. The third kappa shape index (κ3) is 6.94. The van der Waals surface area contributed by atoms with Crippen molar-refractivity contribution >= 4 is 23.9 Å². The summed E-state index contributed by atoms with van der Waals surface area (Å²) in [5.74, 6) is 1.22. The second kappa shape index (κ2) is 12.6. The summed E-state index contributed by atoms with van der Waals surface area (Å²) in [7, 11) is 1.52. The van der Waals surface area contributed by atoms with E-state index >= 15 is 0 Å². The predicted molar refractivity (Wildman–Crippen MR) is 137 cm³/mol. The van der Waals surface area contributed by atoms with Gasteiger partial charge in [0.05, 0.1) is 25.0 Å². The lowest BCUT2D eigenvalue weighted by Crippen LogP contribution is -2.55. The number of rotatable bonds is 7. The van der Waals surface area contributed by atoms with E-state index in [9.17, 15) is 14.0 Å². The van der Waals surface area contributed by atoms with Crippen molar-refractivity contribution < 1.29 is 23.5 Å². The Labute approximate surface area is 220 Å². The number of nitrogens with one attached hydrogen (secondary N) is 3. The number of aromatic nitrogens is 4. The summed E-state index contributed by atoms with van der Waals surface area (Å²) < 4.78 is 25.6. The number of anilines is 2. The van der Waals surface area contributed by atoms with E-state index in [1.165, 1.54) is 36.6 Å². The van der Waals surface area contributed by atoms with Crippen LogP contribution in [0.4, 0.5) is 25.7 Å². The number of carbonyl (C=O) groups excluding carboxylic acids is 2. The van der Waals surface area contributed by atoms with E-state index in [2.05, 4.69) is 42.8 Å². The Morgan fingerprint density at radius 1 is 1.24 bits per heavy atom. The number of alkyl halides is 1. The Morgan fingerprint density at radius 3 is 2.82 bits per heavy atom. The maximum atomic E-state index is 14.9. The molecule has 4 atom stereocenters. The smallest absolute Gasteiger partial charge is 0.414 e. The summed E-state index contributed by atoms with van der Waals surface area (Å²) in [5, 5.41) is 8.80. The molecule has 2 aromatic heterocycles. The largest absolute Gasteiger partial charge is 0.477 e. The van der Waals surface area contributed by atoms with Crippen LogP contribution in [0.5, 0.6) is 11.8 Å². The highest BCUT2D eigenvalue weighted by Crippen LogP contribution is 2.24. The van der Waals surface area contributed by atoms with Crippen molar-refractivity contribution in [3.63, 3.8) is 0 Å². The van der Waals surface area contributed by atoms with E-state index in [0.29, 0.717) is 19.0 Å². The summed E-state index contributed by atoms with van der Waals surface area (Å²) in [6.07, 6.45) is 3.42. The van der Waals surface area contributed by atoms with Crippen LogP contribution in [-0.4, -0.2) is 95.0 Å². The van der Waals surface area contributed by atoms with E-state index in [1.54, 1.807) is 4.90 Å². The molecule has 14 heteroatoms. The zero-order valence-electron chi connectivity index (χ0n) is 21.8. The molecule has 3 N–H and O–H groups in total. The molecule has 4 heterocycles. The first-order valence-electron chi connectivity index (χ1n) is 12.7. The van der Waals surface area contributed by atoms with E-state index < -0.39 is 24.3 Å². The first-order chi connectivity index (χ1) is 18.3. The van der Waals surface area contributed by atoms with Crippen molar-refractivity contribution in [1.82, 2.24) is 35.5 Å². The molecule has 0 radical (unpaired) electrons. The molecule has 0 spiro atoms. The van der Waals surface area contributed by atoms with Crippen molar-refractivity contribution in [1.29, 1.82) is 0 Å².